The average molecular weight is 393 g/mol. The predicted molar refractivity (Wildman–Crippen MR) is 101 cm³/mol. The Labute approximate surface area is 159 Å². The van der Waals surface area contributed by atoms with Gasteiger partial charge in [0.2, 0.25) is 5.91 Å². The van der Waals surface area contributed by atoms with Crippen LogP contribution in [0.25, 0.3) is 0 Å². The number of aromatic nitrogens is 3. The highest BCUT2D eigenvalue weighted by Crippen LogP contribution is 2.35. The zero-order chi connectivity index (χ0) is 17.8. The number of aryl methyl sites for hydroxylation is 1. The van der Waals surface area contributed by atoms with Gasteiger partial charge in [-0.25, -0.2) is 0 Å². The van der Waals surface area contributed by atoms with E-state index in [1.807, 2.05) is 37.4 Å². The van der Waals surface area contributed by atoms with Gasteiger partial charge in [0.1, 0.15) is 11.6 Å². The zero-order valence-corrected chi connectivity index (χ0v) is 15.5. The molecule has 0 aliphatic carbocycles. The summed E-state index contributed by atoms with van der Waals surface area (Å²) in [6.45, 7) is 0. The van der Waals surface area contributed by atoms with Crippen molar-refractivity contribution >= 4 is 46.6 Å². The summed E-state index contributed by atoms with van der Waals surface area (Å²) in [6, 6.07) is 14.4. The molecular formula is C17H14Cl2N4OS. The molecule has 5 nitrogen and oxygen atoms in total. The van der Waals surface area contributed by atoms with Crippen molar-refractivity contribution < 1.29 is 4.79 Å². The van der Waals surface area contributed by atoms with Gasteiger partial charge in [-0.05, 0) is 23.8 Å². The number of hydrogen-bond acceptors (Lipinski definition) is 4. The van der Waals surface area contributed by atoms with E-state index in [0.29, 0.717) is 20.9 Å². The van der Waals surface area contributed by atoms with E-state index in [9.17, 15) is 4.79 Å². The molecule has 0 aliphatic rings. The summed E-state index contributed by atoms with van der Waals surface area (Å²) >= 11 is 13.3. The lowest BCUT2D eigenvalue weighted by molar-refractivity contribution is -0.115. The molecular weight excluding hydrogens is 379 g/mol. The first-order valence-electron chi connectivity index (χ1n) is 7.35. The molecule has 3 rings (SSSR count). The topological polar surface area (TPSA) is 59.8 Å². The first-order valence-corrected chi connectivity index (χ1v) is 8.99. The van der Waals surface area contributed by atoms with Crippen LogP contribution in [-0.2, 0) is 11.8 Å². The molecule has 2 aromatic carbocycles. The van der Waals surface area contributed by atoms with E-state index in [4.69, 9.17) is 23.2 Å². The van der Waals surface area contributed by atoms with E-state index in [1.165, 1.54) is 11.8 Å². The van der Waals surface area contributed by atoms with Gasteiger partial charge in [0.05, 0.1) is 0 Å². The Kier molecular flexibility index (Phi) is 5.63. The van der Waals surface area contributed by atoms with Crippen LogP contribution < -0.4 is 5.32 Å². The summed E-state index contributed by atoms with van der Waals surface area (Å²) in [5, 5.41) is 11.8. The van der Waals surface area contributed by atoms with Gasteiger partial charge in [-0.3, -0.25) is 4.79 Å². The van der Waals surface area contributed by atoms with Crippen molar-refractivity contribution in [2.45, 2.75) is 10.4 Å². The Morgan fingerprint density at radius 2 is 1.84 bits per heavy atom. The monoisotopic (exact) mass is 392 g/mol. The molecule has 0 saturated heterocycles. The fourth-order valence-corrected chi connectivity index (χ4v) is 3.72. The van der Waals surface area contributed by atoms with Crippen molar-refractivity contribution in [2.24, 2.45) is 7.05 Å². The number of halogens is 2. The number of amides is 1. The third kappa shape index (κ3) is 4.54. The van der Waals surface area contributed by atoms with E-state index >= 15 is 0 Å². The van der Waals surface area contributed by atoms with Gasteiger partial charge in [-0.1, -0.05) is 65.3 Å². The first kappa shape index (κ1) is 17.8. The second-order valence-corrected chi connectivity index (χ2v) is 7.23. The summed E-state index contributed by atoms with van der Waals surface area (Å²) in [7, 11) is 1.83. The van der Waals surface area contributed by atoms with Crippen LogP contribution in [0.15, 0.2) is 60.0 Å². The van der Waals surface area contributed by atoms with Crippen molar-refractivity contribution in [1.82, 2.24) is 14.8 Å². The number of nitrogens with zero attached hydrogens (tertiary/aromatic N) is 3. The van der Waals surface area contributed by atoms with Gasteiger partial charge in [0.15, 0.2) is 5.16 Å². The third-order valence-corrected chi connectivity index (χ3v) is 5.10. The largest absolute Gasteiger partial charge is 0.325 e. The second-order valence-electron chi connectivity index (χ2n) is 5.28. The fraction of sp³-hybridized carbons (Fsp3) is 0.118. The minimum atomic E-state index is -0.498. The van der Waals surface area contributed by atoms with E-state index in [-0.39, 0.29) is 5.91 Å². The van der Waals surface area contributed by atoms with Crippen molar-refractivity contribution in [1.29, 1.82) is 0 Å². The third-order valence-electron chi connectivity index (χ3n) is 3.36. The molecule has 0 unspecified atom stereocenters. The molecule has 1 aromatic heterocycles. The molecule has 1 heterocycles. The van der Waals surface area contributed by atoms with Gasteiger partial charge >= 0.3 is 0 Å². The predicted octanol–water partition coefficient (Wildman–Crippen LogP) is 4.59. The summed E-state index contributed by atoms with van der Waals surface area (Å²) in [5.41, 5.74) is 1.41. The number of nitrogens with one attached hydrogen (secondary N) is 1. The summed E-state index contributed by atoms with van der Waals surface area (Å²) in [6.07, 6.45) is 1.60. The molecule has 1 N–H and O–H groups in total. The quantitative estimate of drug-likeness (QED) is 0.644. The normalized spacial score (nSPS) is 12.0. The highest BCUT2D eigenvalue weighted by atomic mass is 35.5. The molecule has 8 heteroatoms. The minimum Gasteiger partial charge on any atom is -0.325 e. The molecule has 0 aliphatic heterocycles. The number of thioether (sulfide) groups is 1. The maximum Gasteiger partial charge on any atom is 0.242 e. The maximum atomic E-state index is 12.9. The van der Waals surface area contributed by atoms with Gasteiger partial charge < -0.3 is 9.88 Å². The lowest BCUT2D eigenvalue weighted by Gasteiger charge is -2.16. The molecule has 0 fully saturated rings. The standard InChI is InChI=1S/C17H14Cl2N4OS/c1-23-10-20-22-17(23)25-15(11-5-3-2-4-6-11)16(24)21-14-8-12(18)7-13(19)9-14/h2-10,15H,1H3,(H,21,24)/t15-/m1/s1. The van der Waals surface area contributed by atoms with Crippen LogP contribution in [0.2, 0.25) is 10.0 Å². The summed E-state index contributed by atoms with van der Waals surface area (Å²) in [5.74, 6) is -0.197. The zero-order valence-electron chi connectivity index (χ0n) is 13.2. The van der Waals surface area contributed by atoms with Gasteiger partial charge in [-0.15, -0.1) is 10.2 Å². The molecule has 25 heavy (non-hydrogen) atoms. The maximum absolute atomic E-state index is 12.9. The van der Waals surface area contributed by atoms with Crippen LogP contribution in [0, 0.1) is 0 Å². The Hall–Kier alpha value is -2.02. The molecule has 0 radical (unpaired) electrons. The van der Waals surface area contributed by atoms with E-state index in [1.54, 1.807) is 29.1 Å². The first-order chi connectivity index (χ1) is 12.0. The van der Waals surface area contributed by atoms with Crippen molar-refractivity contribution in [3.05, 3.63) is 70.5 Å². The average Bonchev–Trinajstić information content (AvgIpc) is 2.97. The van der Waals surface area contributed by atoms with Crippen LogP contribution in [0.4, 0.5) is 5.69 Å². The Bertz CT molecular complexity index is 865. The lowest BCUT2D eigenvalue weighted by atomic mass is 10.1. The fourth-order valence-electron chi connectivity index (χ4n) is 2.22. The summed E-state index contributed by atoms with van der Waals surface area (Å²) < 4.78 is 1.77. The van der Waals surface area contributed by atoms with Crippen LogP contribution in [0.3, 0.4) is 0 Å². The SMILES string of the molecule is Cn1cnnc1S[C@@H](C(=O)Nc1cc(Cl)cc(Cl)c1)c1ccccc1. The Morgan fingerprint density at radius 3 is 2.44 bits per heavy atom. The van der Waals surface area contributed by atoms with Gasteiger partial charge in [0.25, 0.3) is 0 Å². The number of hydrogen-bond donors (Lipinski definition) is 1. The highest BCUT2D eigenvalue weighted by molar-refractivity contribution is 8.00. The van der Waals surface area contributed by atoms with E-state index in [0.717, 1.165) is 5.56 Å². The Morgan fingerprint density at radius 1 is 1.16 bits per heavy atom. The lowest BCUT2D eigenvalue weighted by Crippen LogP contribution is -2.19. The van der Waals surface area contributed by atoms with Crippen LogP contribution >= 0.6 is 35.0 Å². The molecule has 0 spiro atoms. The molecule has 0 saturated carbocycles. The molecule has 3 aromatic rings. The van der Waals surface area contributed by atoms with Crippen LogP contribution in [0.5, 0.6) is 0 Å². The molecule has 1 amide bonds. The summed E-state index contributed by atoms with van der Waals surface area (Å²) in [4.78, 5) is 12.9. The number of anilines is 1. The Balaban J connectivity index is 1.88. The number of carbonyl (C=O) groups excluding carboxylic acids is 1. The van der Waals surface area contributed by atoms with Crippen LogP contribution in [0.1, 0.15) is 10.8 Å². The van der Waals surface area contributed by atoms with Crippen molar-refractivity contribution in [3.63, 3.8) is 0 Å². The second kappa shape index (κ2) is 7.91. The van der Waals surface area contributed by atoms with E-state index in [2.05, 4.69) is 15.5 Å². The van der Waals surface area contributed by atoms with Crippen LogP contribution in [-0.4, -0.2) is 20.7 Å². The van der Waals surface area contributed by atoms with Gasteiger partial charge in [-0.2, -0.15) is 0 Å². The van der Waals surface area contributed by atoms with Crippen molar-refractivity contribution in [3.8, 4) is 0 Å². The van der Waals surface area contributed by atoms with Crippen molar-refractivity contribution in [2.75, 3.05) is 5.32 Å². The molecule has 1 atom stereocenters. The molecule has 128 valence electrons. The smallest absolute Gasteiger partial charge is 0.242 e. The number of rotatable bonds is 5. The minimum absolute atomic E-state index is 0.197. The van der Waals surface area contributed by atoms with E-state index < -0.39 is 5.25 Å². The highest BCUT2D eigenvalue weighted by Gasteiger charge is 2.24. The van der Waals surface area contributed by atoms with Gasteiger partial charge in [0, 0.05) is 22.8 Å². The molecule has 0 bridgehead atoms. The number of benzene rings is 2. The number of carbonyl (C=O) groups is 1.